The summed E-state index contributed by atoms with van der Waals surface area (Å²) in [7, 11) is 0. The highest BCUT2D eigenvalue weighted by molar-refractivity contribution is 5.67. The van der Waals surface area contributed by atoms with Gasteiger partial charge in [0.25, 0.3) is 5.56 Å². The topological polar surface area (TPSA) is 126 Å². The van der Waals surface area contributed by atoms with Gasteiger partial charge in [-0.25, -0.2) is 4.79 Å². The number of aromatic amines is 1. The largest absolute Gasteiger partial charge is 0.459 e. The first kappa shape index (κ1) is 22.7. The third-order valence-corrected chi connectivity index (χ3v) is 5.59. The van der Waals surface area contributed by atoms with Crippen LogP contribution in [0.2, 0.25) is 0 Å². The Balaban J connectivity index is 1.78. The first-order valence-corrected chi connectivity index (χ1v) is 10.5. The van der Waals surface area contributed by atoms with E-state index in [1.807, 2.05) is 30.3 Å². The van der Waals surface area contributed by atoms with Crippen molar-refractivity contribution >= 4 is 11.9 Å². The van der Waals surface area contributed by atoms with Gasteiger partial charge in [-0.3, -0.25) is 23.9 Å². The standard InChI is InChI=1S/C23H24N2O8/c1-14(26)31-17-9-6-11-23(17)20(30-13-16-7-4-3-5-8-16)19(32-15(2)27)21(33-23)25-12-10-18(28)24-22(25)29/h3-8,10-12,17,19-21H,9,13H2,1-2H3,(H,24,28,29)/t17-,19+,20+,21?,23-/m0/s1. The second-order valence-corrected chi connectivity index (χ2v) is 7.91. The first-order chi connectivity index (χ1) is 15.8. The van der Waals surface area contributed by atoms with Gasteiger partial charge in [0.05, 0.1) is 6.61 Å². The van der Waals surface area contributed by atoms with Crippen molar-refractivity contribution in [3.05, 3.63) is 81.1 Å². The summed E-state index contributed by atoms with van der Waals surface area (Å²) >= 11 is 0. The summed E-state index contributed by atoms with van der Waals surface area (Å²) in [6, 6.07) is 10.5. The molecule has 2 heterocycles. The molecule has 1 aromatic heterocycles. The fraction of sp³-hybridized carbons (Fsp3) is 0.391. The molecule has 0 amide bonds. The van der Waals surface area contributed by atoms with Crippen LogP contribution in [0.25, 0.3) is 0 Å². The average molecular weight is 456 g/mol. The zero-order valence-corrected chi connectivity index (χ0v) is 18.1. The van der Waals surface area contributed by atoms with Gasteiger partial charge in [0, 0.05) is 32.5 Å². The molecule has 1 fully saturated rings. The van der Waals surface area contributed by atoms with Crippen LogP contribution in [0.5, 0.6) is 0 Å². The van der Waals surface area contributed by atoms with Gasteiger partial charge < -0.3 is 18.9 Å². The number of ether oxygens (including phenoxy) is 4. The van der Waals surface area contributed by atoms with Crippen LogP contribution >= 0.6 is 0 Å². The van der Waals surface area contributed by atoms with Crippen molar-refractivity contribution < 1.29 is 28.5 Å². The van der Waals surface area contributed by atoms with Crippen molar-refractivity contribution in [2.24, 2.45) is 0 Å². The van der Waals surface area contributed by atoms with Crippen LogP contribution in [0.4, 0.5) is 0 Å². The molecular formula is C23H24N2O8. The van der Waals surface area contributed by atoms with Crippen LogP contribution in [0.1, 0.15) is 32.1 Å². The molecule has 2 aromatic rings. The SMILES string of the molecule is CC(=O)O[C@H]1CC=C[C@]12OC(n1ccc(=O)[nH]c1=O)[C@H](OC(C)=O)[C@H]2OCc1ccccc1. The molecule has 0 saturated carbocycles. The molecular weight excluding hydrogens is 432 g/mol. The number of benzene rings is 1. The van der Waals surface area contributed by atoms with E-state index in [0.717, 1.165) is 16.2 Å². The van der Waals surface area contributed by atoms with E-state index in [9.17, 15) is 19.2 Å². The van der Waals surface area contributed by atoms with Gasteiger partial charge in [-0.05, 0) is 5.56 Å². The summed E-state index contributed by atoms with van der Waals surface area (Å²) in [4.78, 5) is 50.1. The van der Waals surface area contributed by atoms with E-state index in [1.165, 1.54) is 20.0 Å². The highest BCUT2D eigenvalue weighted by Crippen LogP contribution is 2.47. The number of rotatable bonds is 6. The summed E-state index contributed by atoms with van der Waals surface area (Å²) in [5.74, 6) is -1.12. The molecule has 174 valence electrons. The van der Waals surface area contributed by atoms with Crippen molar-refractivity contribution in [1.82, 2.24) is 9.55 Å². The van der Waals surface area contributed by atoms with Crippen LogP contribution in [0, 0.1) is 0 Å². The van der Waals surface area contributed by atoms with Gasteiger partial charge >= 0.3 is 17.6 Å². The fourth-order valence-corrected chi connectivity index (χ4v) is 4.29. The van der Waals surface area contributed by atoms with E-state index >= 15 is 0 Å². The van der Waals surface area contributed by atoms with Gasteiger partial charge in [0.2, 0.25) is 0 Å². The number of nitrogens with one attached hydrogen (secondary N) is 1. The van der Waals surface area contributed by atoms with Gasteiger partial charge in [0.1, 0.15) is 12.2 Å². The summed E-state index contributed by atoms with van der Waals surface area (Å²) in [6.45, 7) is 2.68. The second-order valence-electron chi connectivity index (χ2n) is 7.91. The molecule has 33 heavy (non-hydrogen) atoms. The lowest BCUT2D eigenvalue weighted by Gasteiger charge is -2.34. The second kappa shape index (κ2) is 9.16. The normalized spacial score (nSPS) is 28.2. The molecule has 0 bridgehead atoms. The molecule has 1 unspecified atom stereocenters. The summed E-state index contributed by atoms with van der Waals surface area (Å²) < 4.78 is 24.8. The van der Waals surface area contributed by atoms with E-state index in [-0.39, 0.29) is 6.61 Å². The number of hydrogen-bond donors (Lipinski definition) is 1. The maximum atomic E-state index is 12.5. The van der Waals surface area contributed by atoms with Gasteiger partial charge in [-0.15, -0.1) is 0 Å². The Kier molecular flexibility index (Phi) is 6.30. The van der Waals surface area contributed by atoms with Crippen LogP contribution in [-0.2, 0) is 35.1 Å². The number of nitrogens with zero attached hydrogens (tertiary/aromatic N) is 1. The lowest BCUT2D eigenvalue weighted by Crippen LogP contribution is -2.52. The van der Waals surface area contributed by atoms with Crippen LogP contribution in [0.15, 0.2) is 64.3 Å². The van der Waals surface area contributed by atoms with Gasteiger partial charge in [-0.1, -0.05) is 42.5 Å². The molecule has 5 atom stereocenters. The highest BCUT2D eigenvalue weighted by Gasteiger charge is 2.63. The molecule has 10 heteroatoms. The summed E-state index contributed by atoms with van der Waals surface area (Å²) in [5.41, 5.74) is -1.77. The van der Waals surface area contributed by atoms with E-state index in [4.69, 9.17) is 18.9 Å². The molecule has 1 N–H and O–H groups in total. The first-order valence-electron chi connectivity index (χ1n) is 10.5. The maximum absolute atomic E-state index is 12.5. The van der Waals surface area contributed by atoms with E-state index < -0.39 is 53.3 Å². The Bertz CT molecular complexity index is 1170. The number of H-pyrrole nitrogens is 1. The monoisotopic (exact) mass is 456 g/mol. The van der Waals surface area contributed by atoms with Crippen LogP contribution in [-0.4, -0.2) is 45.4 Å². The Morgan fingerprint density at radius 2 is 1.85 bits per heavy atom. The summed E-state index contributed by atoms with van der Waals surface area (Å²) in [5, 5.41) is 0. The molecule has 2 aliphatic rings. The van der Waals surface area contributed by atoms with Crippen LogP contribution < -0.4 is 11.2 Å². The minimum atomic E-state index is -1.32. The third-order valence-electron chi connectivity index (χ3n) is 5.59. The molecule has 1 aromatic carbocycles. The minimum Gasteiger partial charge on any atom is -0.459 e. The Labute approximate surface area is 188 Å². The number of aromatic nitrogens is 2. The number of carbonyl (C=O) groups excluding carboxylic acids is 2. The molecule has 4 rings (SSSR count). The predicted octanol–water partition coefficient (Wildman–Crippen LogP) is 1.21. The van der Waals surface area contributed by atoms with Crippen molar-refractivity contribution in [3.8, 4) is 0 Å². The third kappa shape index (κ3) is 4.53. The molecule has 1 saturated heterocycles. The van der Waals surface area contributed by atoms with Gasteiger partial charge in [-0.2, -0.15) is 0 Å². The molecule has 1 spiro atoms. The van der Waals surface area contributed by atoms with Gasteiger partial charge in [0.15, 0.2) is 17.9 Å². The Morgan fingerprint density at radius 3 is 2.52 bits per heavy atom. The van der Waals surface area contributed by atoms with Crippen molar-refractivity contribution in [2.75, 3.05) is 0 Å². The lowest BCUT2D eigenvalue weighted by atomic mass is 9.91. The lowest BCUT2D eigenvalue weighted by molar-refractivity contribution is -0.177. The number of carbonyl (C=O) groups is 2. The minimum absolute atomic E-state index is 0.155. The van der Waals surface area contributed by atoms with E-state index in [1.54, 1.807) is 12.2 Å². The zero-order valence-electron chi connectivity index (χ0n) is 18.1. The average Bonchev–Trinajstić information content (AvgIpc) is 3.28. The zero-order chi connectivity index (χ0) is 23.6. The molecule has 1 aliphatic heterocycles. The fourth-order valence-electron chi connectivity index (χ4n) is 4.29. The van der Waals surface area contributed by atoms with E-state index in [0.29, 0.717) is 6.42 Å². The van der Waals surface area contributed by atoms with Crippen molar-refractivity contribution in [1.29, 1.82) is 0 Å². The maximum Gasteiger partial charge on any atom is 0.330 e. The quantitative estimate of drug-likeness (QED) is 0.508. The number of esters is 2. The number of hydrogen-bond acceptors (Lipinski definition) is 8. The smallest absolute Gasteiger partial charge is 0.330 e. The highest BCUT2D eigenvalue weighted by atomic mass is 16.7. The van der Waals surface area contributed by atoms with Crippen molar-refractivity contribution in [2.45, 2.75) is 57.0 Å². The Morgan fingerprint density at radius 1 is 1.12 bits per heavy atom. The Hall–Kier alpha value is -3.50. The van der Waals surface area contributed by atoms with E-state index in [2.05, 4.69) is 4.98 Å². The predicted molar refractivity (Wildman–Crippen MR) is 114 cm³/mol. The van der Waals surface area contributed by atoms with Crippen LogP contribution in [0.3, 0.4) is 0 Å². The van der Waals surface area contributed by atoms with Crippen molar-refractivity contribution in [3.63, 3.8) is 0 Å². The molecule has 10 nitrogen and oxygen atoms in total. The molecule has 0 radical (unpaired) electrons. The molecule has 1 aliphatic carbocycles. The summed E-state index contributed by atoms with van der Waals surface area (Å²) in [6.07, 6.45) is 1.21.